The molecule has 116 valence electrons. The minimum absolute atomic E-state index is 0.338. The van der Waals surface area contributed by atoms with Gasteiger partial charge in [0.05, 0.1) is 0 Å². The van der Waals surface area contributed by atoms with Gasteiger partial charge in [0.15, 0.2) is 0 Å². The zero-order valence-corrected chi connectivity index (χ0v) is 13.4. The molecule has 4 heteroatoms. The molecule has 20 heavy (non-hydrogen) atoms. The van der Waals surface area contributed by atoms with Gasteiger partial charge in [-0.3, -0.25) is 4.79 Å². The number of carbonyl (C=O) groups is 1. The van der Waals surface area contributed by atoms with Gasteiger partial charge in [-0.05, 0) is 45.2 Å². The van der Waals surface area contributed by atoms with Crippen LogP contribution in [0.5, 0.6) is 0 Å². The van der Waals surface area contributed by atoms with Gasteiger partial charge in [-0.2, -0.15) is 0 Å². The van der Waals surface area contributed by atoms with Crippen LogP contribution < -0.4 is 5.32 Å². The molecule has 4 nitrogen and oxygen atoms in total. The van der Waals surface area contributed by atoms with Gasteiger partial charge in [0, 0.05) is 38.1 Å². The maximum Gasteiger partial charge on any atom is 0.222 e. The van der Waals surface area contributed by atoms with E-state index in [2.05, 4.69) is 31.0 Å². The van der Waals surface area contributed by atoms with Crippen molar-refractivity contribution in [2.75, 3.05) is 32.7 Å². The van der Waals surface area contributed by atoms with Gasteiger partial charge in [0.1, 0.15) is 0 Å². The highest BCUT2D eigenvalue weighted by molar-refractivity contribution is 5.78. The molecular weight excluding hydrogens is 250 g/mol. The summed E-state index contributed by atoms with van der Waals surface area (Å²) >= 11 is 0. The van der Waals surface area contributed by atoms with Gasteiger partial charge in [0.2, 0.25) is 5.91 Å². The molecule has 2 aliphatic heterocycles. The molecule has 1 amide bonds. The summed E-state index contributed by atoms with van der Waals surface area (Å²) in [5.74, 6) is 1.10. The summed E-state index contributed by atoms with van der Waals surface area (Å²) < 4.78 is 0. The molecule has 0 bridgehead atoms. The lowest BCUT2D eigenvalue weighted by atomic mass is 10.0. The van der Waals surface area contributed by atoms with Crippen molar-refractivity contribution in [2.45, 2.75) is 58.5 Å². The summed E-state index contributed by atoms with van der Waals surface area (Å²) in [6.07, 6.45) is 4.27. The first-order chi connectivity index (χ1) is 9.54. The summed E-state index contributed by atoms with van der Waals surface area (Å²) in [5.41, 5.74) is 0. The summed E-state index contributed by atoms with van der Waals surface area (Å²) in [6, 6.07) is 1.05. The van der Waals surface area contributed by atoms with Crippen LogP contribution in [0.1, 0.15) is 46.5 Å². The molecule has 2 aliphatic rings. The predicted molar refractivity (Wildman–Crippen MR) is 82.7 cm³/mol. The van der Waals surface area contributed by atoms with Gasteiger partial charge in [-0.15, -0.1) is 0 Å². The quantitative estimate of drug-likeness (QED) is 0.805. The van der Waals surface area contributed by atoms with Gasteiger partial charge in [0.25, 0.3) is 0 Å². The Morgan fingerprint density at radius 1 is 1.15 bits per heavy atom. The molecule has 0 aromatic rings. The summed E-state index contributed by atoms with van der Waals surface area (Å²) in [4.78, 5) is 16.2. The zero-order chi connectivity index (χ0) is 14.5. The normalized spacial score (nSPS) is 23.8. The smallest absolute Gasteiger partial charge is 0.222 e. The number of nitrogens with one attached hydrogen (secondary N) is 1. The Balaban J connectivity index is 1.65. The maximum atomic E-state index is 11.6. The van der Waals surface area contributed by atoms with Crippen molar-refractivity contribution in [3.05, 3.63) is 0 Å². The van der Waals surface area contributed by atoms with Crippen molar-refractivity contribution in [1.82, 2.24) is 15.1 Å². The number of nitrogens with zero attached hydrogens (tertiary/aromatic N) is 2. The molecule has 0 aromatic carbocycles. The SMILES string of the molecule is CC(C)CN1CCC(NC(C)CN2CCCC2=O)CC1. The molecule has 0 saturated carbocycles. The Bertz CT molecular complexity index is 311. The van der Waals surface area contributed by atoms with Crippen LogP contribution in [0, 0.1) is 5.92 Å². The second kappa shape index (κ2) is 7.41. The Labute approximate surface area is 123 Å². The lowest BCUT2D eigenvalue weighted by Crippen LogP contribution is -2.49. The van der Waals surface area contributed by atoms with Crippen LogP contribution in [0.25, 0.3) is 0 Å². The minimum atomic E-state index is 0.338. The van der Waals surface area contributed by atoms with Gasteiger partial charge in [-0.25, -0.2) is 0 Å². The van der Waals surface area contributed by atoms with E-state index in [4.69, 9.17) is 0 Å². The second-order valence-electron chi connectivity index (χ2n) is 6.98. The highest BCUT2D eigenvalue weighted by Crippen LogP contribution is 2.14. The van der Waals surface area contributed by atoms with Crippen LogP contribution in [0.4, 0.5) is 0 Å². The van der Waals surface area contributed by atoms with E-state index in [-0.39, 0.29) is 0 Å². The minimum Gasteiger partial charge on any atom is -0.341 e. The molecule has 2 rings (SSSR count). The van der Waals surface area contributed by atoms with Crippen LogP contribution in [0.2, 0.25) is 0 Å². The average molecular weight is 281 g/mol. The zero-order valence-electron chi connectivity index (χ0n) is 13.4. The van der Waals surface area contributed by atoms with E-state index in [1.165, 1.54) is 32.5 Å². The van der Waals surface area contributed by atoms with E-state index in [1.54, 1.807) is 0 Å². The molecular formula is C16H31N3O. The van der Waals surface area contributed by atoms with Crippen LogP contribution in [0.15, 0.2) is 0 Å². The summed E-state index contributed by atoms with van der Waals surface area (Å²) in [6.45, 7) is 12.3. The van der Waals surface area contributed by atoms with E-state index in [0.717, 1.165) is 31.8 Å². The number of rotatable bonds is 6. The first-order valence-electron chi connectivity index (χ1n) is 8.30. The molecule has 0 aromatic heterocycles. The van der Waals surface area contributed by atoms with E-state index in [0.29, 0.717) is 18.0 Å². The number of likely N-dealkylation sites (tertiary alicyclic amines) is 2. The molecule has 0 radical (unpaired) electrons. The Morgan fingerprint density at radius 3 is 2.40 bits per heavy atom. The van der Waals surface area contributed by atoms with Crippen molar-refractivity contribution < 1.29 is 4.79 Å². The fourth-order valence-electron chi connectivity index (χ4n) is 3.48. The monoisotopic (exact) mass is 281 g/mol. The molecule has 0 spiro atoms. The largest absolute Gasteiger partial charge is 0.341 e. The highest BCUT2D eigenvalue weighted by atomic mass is 16.2. The lowest BCUT2D eigenvalue weighted by Gasteiger charge is -2.35. The van der Waals surface area contributed by atoms with E-state index in [9.17, 15) is 4.79 Å². The highest BCUT2D eigenvalue weighted by Gasteiger charge is 2.24. The molecule has 1 atom stereocenters. The number of hydrogen-bond acceptors (Lipinski definition) is 3. The van der Waals surface area contributed by atoms with Crippen molar-refractivity contribution >= 4 is 5.91 Å². The third-order valence-electron chi connectivity index (χ3n) is 4.40. The van der Waals surface area contributed by atoms with Crippen molar-refractivity contribution in [1.29, 1.82) is 0 Å². The molecule has 1 unspecified atom stereocenters. The van der Waals surface area contributed by atoms with Crippen LogP contribution in [0.3, 0.4) is 0 Å². The van der Waals surface area contributed by atoms with E-state index < -0.39 is 0 Å². The van der Waals surface area contributed by atoms with Crippen molar-refractivity contribution in [3.8, 4) is 0 Å². The first kappa shape index (κ1) is 15.8. The second-order valence-corrected chi connectivity index (χ2v) is 6.98. The van der Waals surface area contributed by atoms with Gasteiger partial charge < -0.3 is 15.1 Å². The molecule has 1 N–H and O–H groups in total. The fraction of sp³-hybridized carbons (Fsp3) is 0.938. The van der Waals surface area contributed by atoms with Crippen molar-refractivity contribution in [3.63, 3.8) is 0 Å². The first-order valence-corrected chi connectivity index (χ1v) is 8.30. The molecule has 0 aliphatic carbocycles. The third kappa shape index (κ3) is 4.74. The van der Waals surface area contributed by atoms with Gasteiger partial charge in [-0.1, -0.05) is 13.8 Å². The van der Waals surface area contributed by atoms with Crippen molar-refractivity contribution in [2.24, 2.45) is 5.92 Å². The average Bonchev–Trinajstić information content (AvgIpc) is 2.77. The number of hydrogen-bond donors (Lipinski definition) is 1. The van der Waals surface area contributed by atoms with E-state index >= 15 is 0 Å². The fourth-order valence-corrected chi connectivity index (χ4v) is 3.48. The predicted octanol–water partition coefficient (Wildman–Crippen LogP) is 1.71. The summed E-state index contributed by atoms with van der Waals surface area (Å²) in [7, 11) is 0. The standard InChI is InChI=1S/C16H31N3O/c1-13(2)11-18-9-6-15(7-10-18)17-14(3)12-19-8-4-5-16(19)20/h13-15,17H,4-12H2,1-3H3. The van der Waals surface area contributed by atoms with Crippen LogP contribution in [-0.4, -0.2) is 60.5 Å². The molecule has 2 heterocycles. The third-order valence-corrected chi connectivity index (χ3v) is 4.40. The van der Waals surface area contributed by atoms with Gasteiger partial charge >= 0.3 is 0 Å². The number of piperidine rings is 1. The number of amides is 1. The Morgan fingerprint density at radius 2 is 1.85 bits per heavy atom. The Kier molecular flexibility index (Phi) is 5.85. The van der Waals surface area contributed by atoms with Crippen LogP contribution >= 0.6 is 0 Å². The molecule has 2 fully saturated rings. The summed E-state index contributed by atoms with van der Waals surface area (Å²) in [5, 5.41) is 3.72. The van der Waals surface area contributed by atoms with E-state index in [1.807, 2.05) is 4.90 Å². The lowest BCUT2D eigenvalue weighted by molar-refractivity contribution is -0.128. The number of carbonyl (C=O) groups excluding carboxylic acids is 1. The topological polar surface area (TPSA) is 35.6 Å². The molecule has 2 saturated heterocycles. The Hall–Kier alpha value is -0.610. The van der Waals surface area contributed by atoms with Crippen LogP contribution in [-0.2, 0) is 4.79 Å². The maximum absolute atomic E-state index is 11.6.